The van der Waals surface area contributed by atoms with Crippen molar-refractivity contribution in [1.82, 2.24) is 15.2 Å². The Morgan fingerprint density at radius 1 is 1.19 bits per heavy atom. The van der Waals surface area contributed by atoms with Crippen LogP contribution in [0.5, 0.6) is 0 Å². The Morgan fingerprint density at radius 2 is 1.92 bits per heavy atom. The molecule has 0 saturated carbocycles. The molecular weight excluding hydrogens is 348 g/mol. The highest BCUT2D eigenvalue weighted by Crippen LogP contribution is 2.37. The molecule has 1 aromatic carbocycles. The summed E-state index contributed by atoms with van der Waals surface area (Å²) in [6.45, 7) is 2.70. The minimum absolute atomic E-state index is 0.111. The van der Waals surface area contributed by atoms with Gasteiger partial charge < -0.3 is 0 Å². The first-order chi connectivity index (χ1) is 12.5. The van der Waals surface area contributed by atoms with Crippen molar-refractivity contribution in [2.75, 3.05) is 11.4 Å². The fourth-order valence-electron chi connectivity index (χ4n) is 3.46. The summed E-state index contributed by atoms with van der Waals surface area (Å²) in [4.78, 5) is 18.9. The lowest BCUT2D eigenvalue weighted by Gasteiger charge is -2.22. The highest BCUT2D eigenvalue weighted by atomic mass is 35.5. The van der Waals surface area contributed by atoms with Crippen LogP contribution in [0.15, 0.2) is 54.9 Å². The number of hydrogen-bond acceptors (Lipinski definition) is 3. The second-order valence-corrected chi connectivity index (χ2v) is 7.38. The number of nitrogens with one attached hydrogen (secondary N) is 1. The van der Waals surface area contributed by atoms with Crippen molar-refractivity contribution < 1.29 is 4.79 Å². The molecule has 6 heteroatoms. The van der Waals surface area contributed by atoms with E-state index in [1.165, 1.54) is 0 Å². The quantitative estimate of drug-likeness (QED) is 0.755. The molecule has 0 spiro atoms. The van der Waals surface area contributed by atoms with E-state index in [0.29, 0.717) is 23.8 Å². The van der Waals surface area contributed by atoms with Crippen molar-refractivity contribution in [3.05, 3.63) is 65.4 Å². The lowest BCUT2D eigenvalue weighted by atomic mass is 9.82. The van der Waals surface area contributed by atoms with Crippen LogP contribution in [0.4, 0.5) is 5.82 Å². The molecule has 1 amide bonds. The van der Waals surface area contributed by atoms with Crippen LogP contribution in [0.1, 0.15) is 18.9 Å². The Balaban J connectivity index is 1.54. The van der Waals surface area contributed by atoms with Gasteiger partial charge in [0.15, 0.2) is 5.82 Å². The first-order valence-corrected chi connectivity index (χ1v) is 8.95. The van der Waals surface area contributed by atoms with E-state index in [4.69, 9.17) is 11.6 Å². The normalized spacial score (nSPS) is 19.9. The first-order valence-electron chi connectivity index (χ1n) is 8.57. The Labute approximate surface area is 157 Å². The van der Waals surface area contributed by atoms with Gasteiger partial charge in [-0.1, -0.05) is 30.7 Å². The summed E-state index contributed by atoms with van der Waals surface area (Å²) in [5, 5.41) is 8.07. The summed E-state index contributed by atoms with van der Waals surface area (Å²) in [6.07, 6.45) is 4.97. The topological polar surface area (TPSA) is 61.9 Å². The number of hydrogen-bond donors (Lipinski definition) is 1. The van der Waals surface area contributed by atoms with Gasteiger partial charge in [-0.05, 0) is 42.7 Å². The number of amides is 1. The first kappa shape index (κ1) is 16.8. The van der Waals surface area contributed by atoms with Crippen molar-refractivity contribution in [3.8, 4) is 11.3 Å². The van der Waals surface area contributed by atoms with Crippen LogP contribution >= 0.6 is 11.6 Å². The molecule has 4 rings (SSSR count). The Hall–Kier alpha value is -2.66. The predicted molar refractivity (Wildman–Crippen MR) is 102 cm³/mol. The standard InChI is InChI=1S/C20H19ClN4O/c1-20(13-14-2-4-16(21)5-3-14)8-11-25(19(20)26)18-12-17(23-24-18)15-6-9-22-10-7-15/h2-7,9-10,12H,8,11,13H2,1H3,(H,23,24)/t20-/m1/s1. The van der Waals surface area contributed by atoms with Crippen LogP contribution in [0.2, 0.25) is 5.02 Å². The van der Waals surface area contributed by atoms with Gasteiger partial charge in [0.25, 0.3) is 0 Å². The number of aromatic amines is 1. The van der Waals surface area contributed by atoms with Gasteiger partial charge in [-0.25, -0.2) is 0 Å². The van der Waals surface area contributed by atoms with E-state index >= 15 is 0 Å². The summed E-state index contributed by atoms with van der Waals surface area (Å²) >= 11 is 5.96. The monoisotopic (exact) mass is 366 g/mol. The van der Waals surface area contributed by atoms with Crippen molar-refractivity contribution in [2.45, 2.75) is 19.8 Å². The van der Waals surface area contributed by atoms with E-state index in [-0.39, 0.29) is 5.91 Å². The lowest BCUT2D eigenvalue weighted by Crippen LogP contribution is -2.34. The van der Waals surface area contributed by atoms with Gasteiger partial charge in [0, 0.05) is 35.6 Å². The SMILES string of the molecule is C[C@]1(Cc2ccc(Cl)cc2)CCN(c2cc(-c3ccncc3)[nH]n2)C1=O. The van der Waals surface area contributed by atoms with Gasteiger partial charge in [-0.15, -0.1) is 0 Å². The zero-order chi connectivity index (χ0) is 18.1. The van der Waals surface area contributed by atoms with Gasteiger partial charge >= 0.3 is 0 Å². The zero-order valence-corrected chi connectivity index (χ0v) is 15.2. The molecule has 2 aromatic heterocycles. The van der Waals surface area contributed by atoms with E-state index in [1.807, 2.05) is 49.4 Å². The largest absolute Gasteiger partial charge is 0.295 e. The number of aromatic nitrogens is 3. The van der Waals surface area contributed by atoms with E-state index in [1.54, 1.807) is 17.3 Å². The zero-order valence-electron chi connectivity index (χ0n) is 14.4. The van der Waals surface area contributed by atoms with E-state index < -0.39 is 5.41 Å². The summed E-state index contributed by atoms with van der Waals surface area (Å²) in [5.74, 6) is 0.780. The average Bonchev–Trinajstić information content (AvgIpc) is 3.24. The molecule has 0 radical (unpaired) electrons. The Bertz CT molecular complexity index is 922. The number of nitrogens with zero attached hydrogens (tertiary/aromatic N) is 3. The molecule has 5 nitrogen and oxygen atoms in total. The number of benzene rings is 1. The van der Waals surface area contributed by atoms with Crippen LogP contribution in [0, 0.1) is 5.41 Å². The number of rotatable bonds is 4. The third-order valence-electron chi connectivity index (χ3n) is 4.99. The molecule has 1 saturated heterocycles. The molecule has 132 valence electrons. The lowest BCUT2D eigenvalue weighted by molar-refractivity contribution is -0.124. The average molecular weight is 367 g/mol. The molecule has 0 aliphatic carbocycles. The summed E-state index contributed by atoms with van der Waals surface area (Å²) in [5.41, 5.74) is 2.56. The number of halogens is 1. The number of pyridine rings is 1. The molecular formula is C20H19ClN4O. The molecule has 1 atom stereocenters. The van der Waals surface area contributed by atoms with Crippen LogP contribution in [-0.2, 0) is 11.2 Å². The summed E-state index contributed by atoms with van der Waals surface area (Å²) in [7, 11) is 0. The minimum atomic E-state index is -0.427. The number of carbonyl (C=O) groups excluding carboxylic acids is 1. The fourth-order valence-corrected chi connectivity index (χ4v) is 3.58. The highest BCUT2D eigenvalue weighted by Gasteiger charge is 2.43. The number of carbonyl (C=O) groups is 1. The van der Waals surface area contributed by atoms with Crippen molar-refractivity contribution in [3.63, 3.8) is 0 Å². The van der Waals surface area contributed by atoms with Gasteiger partial charge in [0.1, 0.15) is 0 Å². The second-order valence-electron chi connectivity index (χ2n) is 6.95. The van der Waals surface area contributed by atoms with Crippen LogP contribution in [0.3, 0.4) is 0 Å². The second kappa shape index (κ2) is 6.57. The van der Waals surface area contributed by atoms with Crippen LogP contribution in [0.25, 0.3) is 11.3 Å². The molecule has 26 heavy (non-hydrogen) atoms. The van der Waals surface area contributed by atoms with Crippen molar-refractivity contribution in [1.29, 1.82) is 0 Å². The van der Waals surface area contributed by atoms with Crippen molar-refractivity contribution in [2.24, 2.45) is 5.41 Å². The maximum Gasteiger partial charge on any atom is 0.234 e. The molecule has 0 bridgehead atoms. The number of anilines is 1. The highest BCUT2D eigenvalue weighted by molar-refractivity contribution is 6.30. The van der Waals surface area contributed by atoms with E-state index in [2.05, 4.69) is 15.2 Å². The summed E-state index contributed by atoms with van der Waals surface area (Å²) in [6, 6.07) is 13.4. The molecule has 1 fully saturated rings. The minimum Gasteiger partial charge on any atom is -0.295 e. The number of H-pyrrole nitrogens is 1. The molecule has 1 aliphatic rings. The van der Waals surface area contributed by atoms with Gasteiger partial charge in [-0.2, -0.15) is 5.10 Å². The van der Waals surface area contributed by atoms with Crippen molar-refractivity contribution >= 4 is 23.3 Å². The Kier molecular flexibility index (Phi) is 4.24. The third kappa shape index (κ3) is 3.10. The molecule has 1 aliphatic heterocycles. The van der Waals surface area contributed by atoms with Gasteiger partial charge in [0.2, 0.25) is 5.91 Å². The molecule has 3 aromatic rings. The van der Waals surface area contributed by atoms with Gasteiger partial charge in [-0.3, -0.25) is 19.8 Å². The van der Waals surface area contributed by atoms with Crippen LogP contribution < -0.4 is 4.90 Å². The third-order valence-corrected chi connectivity index (χ3v) is 5.24. The molecule has 1 N–H and O–H groups in total. The fraction of sp³-hybridized carbons (Fsp3) is 0.250. The smallest absolute Gasteiger partial charge is 0.234 e. The molecule has 3 heterocycles. The van der Waals surface area contributed by atoms with Crippen LogP contribution in [-0.4, -0.2) is 27.6 Å². The predicted octanol–water partition coefficient (Wildman–Crippen LogP) is 4.11. The Morgan fingerprint density at radius 3 is 2.65 bits per heavy atom. The summed E-state index contributed by atoms with van der Waals surface area (Å²) < 4.78 is 0. The molecule has 0 unspecified atom stereocenters. The maximum absolute atomic E-state index is 13.1. The maximum atomic E-state index is 13.1. The van der Waals surface area contributed by atoms with Gasteiger partial charge in [0.05, 0.1) is 11.1 Å². The van der Waals surface area contributed by atoms with E-state index in [0.717, 1.165) is 23.2 Å². The van der Waals surface area contributed by atoms with E-state index in [9.17, 15) is 4.79 Å².